The molecule has 0 atom stereocenters. The number of fused-ring (bicyclic) bond motifs is 4. The molecule has 0 amide bonds. The van der Waals surface area contributed by atoms with E-state index in [4.69, 9.17) is 5.11 Å². The molecule has 0 unspecified atom stereocenters. The number of aromatic nitrogens is 6. The Morgan fingerprint density at radius 1 is 0.681 bits per heavy atom. The molecule has 0 radical (unpaired) electrons. The molecule has 0 aliphatic carbocycles. The largest absolute Gasteiger partial charge is 0.481 e. The molecule has 47 heavy (non-hydrogen) atoms. The summed E-state index contributed by atoms with van der Waals surface area (Å²) in [7, 11) is 6.10. The zero-order chi connectivity index (χ0) is 33.7. The summed E-state index contributed by atoms with van der Waals surface area (Å²) in [4.78, 5) is 73.1. The van der Waals surface area contributed by atoms with Crippen LogP contribution in [0.25, 0.3) is 44.3 Å². The molecule has 1 N–H and O–H groups in total. The molecule has 0 spiro atoms. The van der Waals surface area contributed by atoms with E-state index in [1.54, 1.807) is 24.9 Å². The van der Waals surface area contributed by atoms with Crippen LogP contribution in [0.2, 0.25) is 0 Å². The van der Waals surface area contributed by atoms with Crippen LogP contribution in [-0.2, 0) is 46.1 Å². The highest BCUT2D eigenvalue weighted by molar-refractivity contribution is 6.12. The molecular weight excluding hydrogens is 604 g/mol. The molecule has 5 heterocycles. The zero-order valence-corrected chi connectivity index (χ0v) is 26.3. The monoisotopic (exact) mass is 636 g/mol. The molecule has 2 aromatic carbocycles. The molecule has 4 aromatic heterocycles. The lowest BCUT2D eigenvalue weighted by Crippen LogP contribution is -2.37. The lowest BCUT2D eigenvalue weighted by atomic mass is 10.1. The first kappa shape index (κ1) is 31.0. The average molecular weight is 637 g/mol. The summed E-state index contributed by atoms with van der Waals surface area (Å²) in [5.74, 6) is -0.950. The van der Waals surface area contributed by atoms with Gasteiger partial charge in [0, 0.05) is 53.9 Å². The minimum absolute atomic E-state index is 0.0274. The fourth-order valence-electron chi connectivity index (χ4n) is 6.33. The number of nitrogens with zero attached hydrogens (tertiary/aromatic N) is 6. The molecule has 0 fully saturated rings. The highest BCUT2D eigenvalue weighted by Gasteiger charge is 2.31. The molecule has 0 saturated heterocycles. The number of aliphatic carboxylic acids is 1. The number of carboxylic acids is 1. The second-order valence-corrected chi connectivity index (χ2v) is 11.5. The van der Waals surface area contributed by atoms with Gasteiger partial charge >= 0.3 is 17.3 Å². The molecular formula is C34H32N6O7. The summed E-state index contributed by atoms with van der Waals surface area (Å²) in [6, 6.07) is 18.8. The van der Waals surface area contributed by atoms with Gasteiger partial charge in [-0.2, -0.15) is 0 Å². The summed E-state index contributed by atoms with van der Waals surface area (Å²) in [6.07, 6.45) is 1.99. The SMILES string of the molecule is Cn1c(=O)c2c(-c3ccccc3)n(CCC(=O)O)cc2n(C)c1=O.Cn1c(=O)c2c(-c3ccccc3)n3c(c2n(C)c1=O)C(=O)CC3. The van der Waals surface area contributed by atoms with Gasteiger partial charge < -0.3 is 14.2 Å². The number of hydrogen-bond acceptors (Lipinski definition) is 6. The van der Waals surface area contributed by atoms with Crippen LogP contribution in [0.5, 0.6) is 0 Å². The molecule has 6 aromatic rings. The van der Waals surface area contributed by atoms with Crippen molar-refractivity contribution in [1.29, 1.82) is 0 Å². The maximum atomic E-state index is 12.7. The Labute approximate surface area is 266 Å². The second kappa shape index (κ2) is 11.7. The number of carbonyl (C=O) groups is 2. The van der Waals surface area contributed by atoms with E-state index in [1.165, 1.54) is 23.2 Å². The zero-order valence-electron chi connectivity index (χ0n) is 26.3. The number of carbonyl (C=O) groups excluding carboxylic acids is 1. The smallest absolute Gasteiger partial charge is 0.331 e. The lowest BCUT2D eigenvalue weighted by molar-refractivity contribution is -0.137. The second-order valence-electron chi connectivity index (χ2n) is 11.5. The van der Waals surface area contributed by atoms with Gasteiger partial charge in [0.2, 0.25) is 0 Å². The Hall–Kier alpha value is -5.98. The Kier molecular flexibility index (Phi) is 7.75. The fourth-order valence-corrected chi connectivity index (χ4v) is 6.33. The van der Waals surface area contributed by atoms with Gasteiger partial charge in [0.15, 0.2) is 5.78 Å². The Morgan fingerprint density at radius 2 is 1.21 bits per heavy atom. The summed E-state index contributed by atoms with van der Waals surface area (Å²) in [5, 5.41) is 9.82. The van der Waals surface area contributed by atoms with E-state index in [-0.39, 0.29) is 29.9 Å². The molecule has 1 aliphatic heterocycles. The number of aryl methyl sites for hydroxylation is 3. The third-order valence-corrected chi connectivity index (χ3v) is 8.67. The van der Waals surface area contributed by atoms with Crippen molar-refractivity contribution >= 4 is 33.6 Å². The topological polar surface area (TPSA) is 152 Å². The minimum Gasteiger partial charge on any atom is -0.481 e. The maximum Gasteiger partial charge on any atom is 0.331 e. The van der Waals surface area contributed by atoms with Crippen LogP contribution < -0.4 is 22.5 Å². The predicted molar refractivity (Wildman–Crippen MR) is 177 cm³/mol. The van der Waals surface area contributed by atoms with Crippen LogP contribution in [0.4, 0.5) is 0 Å². The molecule has 240 valence electrons. The van der Waals surface area contributed by atoms with Crippen molar-refractivity contribution in [2.24, 2.45) is 28.2 Å². The van der Waals surface area contributed by atoms with Crippen LogP contribution in [0.3, 0.4) is 0 Å². The van der Waals surface area contributed by atoms with E-state index in [9.17, 15) is 28.8 Å². The summed E-state index contributed by atoms with van der Waals surface area (Å²) in [5.41, 5.74) is 2.84. The molecule has 0 bridgehead atoms. The summed E-state index contributed by atoms with van der Waals surface area (Å²) >= 11 is 0. The standard InChI is InChI=1S/C17H17N3O4.C17H15N3O3/c1-18-12-10-20(9-8-13(21)22)15(11-6-4-3-5-7-11)14(12)16(23)19(2)17(18)24;1-18-15-12(16(22)19(2)17(18)23)13(10-6-4-3-5-7-10)20-9-8-11(21)14(15)20/h3-7,10H,8-9H2,1-2H3,(H,21,22);3-7H,8-9H2,1-2H3. The highest BCUT2D eigenvalue weighted by atomic mass is 16.4. The highest BCUT2D eigenvalue weighted by Crippen LogP contribution is 2.35. The molecule has 7 rings (SSSR count). The fraction of sp³-hybridized carbons (Fsp3) is 0.235. The number of rotatable bonds is 5. The maximum absolute atomic E-state index is 12.7. The molecule has 13 nitrogen and oxygen atoms in total. The van der Waals surface area contributed by atoms with Crippen molar-refractivity contribution in [3.63, 3.8) is 0 Å². The Bertz CT molecular complexity index is 2480. The minimum atomic E-state index is -0.923. The van der Waals surface area contributed by atoms with Crippen LogP contribution in [0.15, 0.2) is 86.0 Å². The van der Waals surface area contributed by atoms with Crippen molar-refractivity contribution in [3.05, 3.63) is 114 Å². The first-order valence-corrected chi connectivity index (χ1v) is 14.9. The average Bonchev–Trinajstić information content (AvgIpc) is 3.76. The van der Waals surface area contributed by atoms with Gasteiger partial charge in [-0.25, -0.2) is 9.59 Å². The number of Topliss-reactive ketones (excluding diaryl/α,β-unsaturated/α-hetero) is 1. The van der Waals surface area contributed by atoms with E-state index in [2.05, 4.69) is 0 Å². The molecule has 13 heteroatoms. The van der Waals surface area contributed by atoms with Crippen molar-refractivity contribution < 1.29 is 14.7 Å². The van der Waals surface area contributed by atoms with Gasteiger partial charge in [0.05, 0.1) is 39.6 Å². The lowest BCUT2D eigenvalue weighted by Gasteiger charge is -2.08. The van der Waals surface area contributed by atoms with Gasteiger partial charge in [-0.15, -0.1) is 0 Å². The number of benzene rings is 2. The van der Waals surface area contributed by atoms with E-state index >= 15 is 0 Å². The van der Waals surface area contributed by atoms with Crippen LogP contribution >= 0.6 is 0 Å². The van der Waals surface area contributed by atoms with Crippen LogP contribution in [0, 0.1) is 0 Å². The van der Waals surface area contributed by atoms with Crippen molar-refractivity contribution in [1.82, 2.24) is 27.4 Å². The summed E-state index contributed by atoms with van der Waals surface area (Å²) in [6.45, 7) is 0.746. The Balaban J connectivity index is 0.000000164. The molecule has 1 aliphatic rings. The van der Waals surface area contributed by atoms with Gasteiger partial charge in [0.1, 0.15) is 5.69 Å². The third kappa shape index (κ3) is 4.96. The van der Waals surface area contributed by atoms with Gasteiger partial charge in [-0.1, -0.05) is 60.7 Å². The van der Waals surface area contributed by atoms with Gasteiger partial charge in [0.25, 0.3) is 11.1 Å². The van der Waals surface area contributed by atoms with E-state index in [0.29, 0.717) is 46.2 Å². The van der Waals surface area contributed by atoms with E-state index in [0.717, 1.165) is 26.0 Å². The third-order valence-electron chi connectivity index (χ3n) is 8.67. The van der Waals surface area contributed by atoms with Gasteiger partial charge in [-0.05, 0) is 11.1 Å². The normalized spacial score (nSPS) is 12.4. The van der Waals surface area contributed by atoms with E-state index < -0.39 is 17.3 Å². The quantitative estimate of drug-likeness (QED) is 0.305. The van der Waals surface area contributed by atoms with Crippen molar-refractivity contribution in [2.45, 2.75) is 25.9 Å². The van der Waals surface area contributed by atoms with Crippen molar-refractivity contribution in [2.75, 3.05) is 0 Å². The first-order chi connectivity index (χ1) is 22.4. The van der Waals surface area contributed by atoms with Crippen LogP contribution in [0.1, 0.15) is 23.3 Å². The number of carboxylic acid groups (broad SMARTS) is 1. The first-order valence-electron chi connectivity index (χ1n) is 14.9. The molecule has 0 saturated carbocycles. The Morgan fingerprint density at radius 3 is 1.79 bits per heavy atom. The van der Waals surface area contributed by atoms with E-state index in [1.807, 2.05) is 65.2 Å². The predicted octanol–water partition coefficient (Wildman–Crippen LogP) is 2.47. The van der Waals surface area contributed by atoms with Crippen LogP contribution in [-0.4, -0.2) is 44.3 Å². The van der Waals surface area contributed by atoms with Gasteiger partial charge in [-0.3, -0.25) is 37.4 Å². The van der Waals surface area contributed by atoms with Crippen molar-refractivity contribution in [3.8, 4) is 22.5 Å². The summed E-state index contributed by atoms with van der Waals surface area (Å²) < 4.78 is 8.57. The number of hydrogen-bond donors (Lipinski definition) is 1. The number of ketones is 1.